The van der Waals surface area contributed by atoms with Crippen LogP contribution in [0.2, 0.25) is 0 Å². The molecule has 4 heteroatoms. The average Bonchev–Trinajstić information content (AvgIpc) is 2.37. The Balaban J connectivity index is 2.71. The molecule has 1 unspecified atom stereocenters. The summed E-state index contributed by atoms with van der Waals surface area (Å²) in [6.45, 7) is 4.22. The Morgan fingerprint density at radius 2 is 2.26 bits per heavy atom. The monoisotopic (exact) mass is 262 g/mol. The second-order valence-corrected chi connectivity index (χ2v) is 4.47. The first-order chi connectivity index (χ1) is 9.06. The number of hydrogen-bond donors (Lipinski definition) is 2. The standard InChI is InChI=1S/C15H19FN2O/c1-3-11(2)9-15(19)18-13-7-6-12(5-4-8-17)14(16)10-13/h6-7,10-11H,3,8-9,17H2,1-2H3,(H,18,19). The summed E-state index contributed by atoms with van der Waals surface area (Å²) in [7, 11) is 0. The van der Waals surface area contributed by atoms with Gasteiger partial charge in [0.1, 0.15) is 5.82 Å². The SMILES string of the molecule is CCC(C)CC(=O)Nc1ccc(C#CCN)c(F)c1. The zero-order chi connectivity index (χ0) is 14.3. The van der Waals surface area contributed by atoms with Crippen LogP contribution in [0.3, 0.4) is 0 Å². The van der Waals surface area contributed by atoms with E-state index in [0.29, 0.717) is 18.0 Å². The van der Waals surface area contributed by atoms with Crippen LogP contribution in [-0.4, -0.2) is 12.5 Å². The highest BCUT2D eigenvalue weighted by Gasteiger charge is 2.08. The molecular weight excluding hydrogens is 243 g/mol. The highest BCUT2D eigenvalue weighted by atomic mass is 19.1. The fourth-order valence-electron chi connectivity index (χ4n) is 1.51. The van der Waals surface area contributed by atoms with E-state index in [0.717, 1.165) is 6.42 Å². The van der Waals surface area contributed by atoms with Gasteiger partial charge in [0.05, 0.1) is 12.1 Å². The van der Waals surface area contributed by atoms with Gasteiger partial charge in [-0.1, -0.05) is 32.1 Å². The number of rotatable bonds is 4. The molecule has 0 aliphatic carbocycles. The molecule has 3 N–H and O–H groups in total. The zero-order valence-corrected chi connectivity index (χ0v) is 11.3. The molecule has 3 nitrogen and oxygen atoms in total. The van der Waals surface area contributed by atoms with Crippen LogP contribution in [0.5, 0.6) is 0 Å². The molecule has 1 atom stereocenters. The fourth-order valence-corrected chi connectivity index (χ4v) is 1.51. The minimum Gasteiger partial charge on any atom is -0.326 e. The second kappa shape index (κ2) is 7.55. The first-order valence-electron chi connectivity index (χ1n) is 6.35. The largest absolute Gasteiger partial charge is 0.326 e. The third-order valence-corrected chi connectivity index (χ3v) is 2.81. The molecule has 1 amide bonds. The van der Waals surface area contributed by atoms with Crippen LogP contribution < -0.4 is 11.1 Å². The summed E-state index contributed by atoms with van der Waals surface area (Å²) in [6.07, 6.45) is 1.38. The molecule has 102 valence electrons. The number of carbonyl (C=O) groups excluding carboxylic acids is 1. The van der Waals surface area contributed by atoms with E-state index < -0.39 is 5.82 Å². The first-order valence-corrected chi connectivity index (χ1v) is 6.35. The number of amides is 1. The summed E-state index contributed by atoms with van der Waals surface area (Å²) in [5.41, 5.74) is 5.96. The van der Waals surface area contributed by atoms with E-state index in [9.17, 15) is 9.18 Å². The first kappa shape index (κ1) is 15.2. The maximum atomic E-state index is 13.7. The Morgan fingerprint density at radius 3 is 2.84 bits per heavy atom. The number of halogens is 1. The van der Waals surface area contributed by atoms with E-state index in [1.165, 1.54) is 12.1 Å². The topological polar surface area (TPSA) is 55.1 Å². The van der Waals surface area contributed by atoms with E-state index >= 15 is 0 Å². The van der Waals surface area contributed by atoms with Gasteiger partial charge >= 0.3 is 0 Å². The molecule has 0 saturated heterocycles. The van der Waals surface area contributed by atoms with Crippen molar-refractivity contribution in [2.75, 3.05) is 11.9 Å². The van der Waals surface area contributed by atoms with Crippen molar-refractivity contribution in [3.05, 3.63) is 29.6 Å². The van der Waals surface area contributed by atoms with E-state index in [-0.39, 0.29) is 18.0 Å². The number of nitrogens with two attached hydrogens (primary N) is 1. The van der Waals surface area contributed by atoms with E-state index in [4.69, 9.17) is 5.73 Å². The molecule has 0 aromatic heterocycles. The number of hydrogen-bond acceptors (Lipinski definition) is 2. The lowest BCUT2D eigenvalue weighted by Gasteiger charge is -2.09. The molecule has 0 saturated carbocycles. The summed E-state index contributed by atoms with van der Waals surface area (Å²) in [5, 5.41) is 2.68. The second-order valence-electron chi connectivity index (χ2n) is 4.47. The third kappa shape index (κ3) is 5.11. The molecule has 0 aliphatic rings. The maximum absolute atomic E-state index is 13.7. The van der Waals surface area contributed by atoms with Crippen LogP contribution in [0.25, 0.3) is 0 Å². The van der Waals surface area contributed by atoms with Crippen molar-refractivity contribution >= 4 is 11.6 Å². The molecule has 1 aromatic rings. The lowest BCUT2D eigenvalue weighted by atomic mass is 10.0. The Kier molecular flexibility index (Phi) is 6.04. The van der Waals surface area contributed by atoms with Crippen molar-refractivity contribution in [1.29, 1.82) is 0 Å². The van der Waals surface area contributed by atoms with Gasteiger partial charge in [-0.15, -0.1) is 0 Å². The fraction of sp³-hybridized carbons (Fsp3) is 0.400. The van der Waals surface area contributed by atoms with Crippen LogP contribution in [-0.2, 0) is 4.79 Å². The van der Waals surface area contributed by atoms with Gasteiger partial charge in [0.2, 0.25) is 5.91 Å². The molecule has 0 fully saturated rings. The maximum Gasteiger partial charge on any atom is 0.224 e. The normalized spacial score (nSPS) is 11.4. The minimum absolute atomic E-state index is 0.102. The van der Waals surface area contributed by atoms with Crippen LogP contribution in [0.1, 0.15) is 32.3 Å². The van der Waals surface area contributed by atoms with Gasteiger partial charge in [0, 0.05) is 12.1 Å². The quantitative estimate of drug-likeness (QED) is 0.819. The molecular formula is C15H19FN2O. The Hall–Kier alpha value is -1.86. The van der Waals surface area contributed by atoms with Crippen molar-refractivity contribution in [2.45, 2.75) is 26.7 Å². The number of nitrogens with one attached hydrogen (secondary N) is 1. The molecule has 0 radical (unpaired) electrons. The predicted molar refractivity (Wildman–Crippen MR) is 75.0 cm³/mol. The lowest BCUT2D eigenvalue weighted by Crippen LogP contribution is -2.14. The van der Waals surface area contributed by atoms with E-state index in [2.05, 4.69) is 17.2 Å². The third-order valence-electron chi connectivity index (χ3n) is 2.81. The van der Waals surface area contributed by atoms with Gasteiger partial charge in [-0.2, -0.15) is 0 Å². The molecule has 1 rings (SSSR count). The van der Waals surface area contributed by atoms with Gasteiger partial charge < -0.3 is 11.1 Å². The van der Waals surface area contributed by atoms with Gasteiger partial charge in [-0.05, 0) is 24.1 Å². The van der Waals surface area contributed by atoms with E-state index in [1.807, 2.05) is 13.8 Å². The lowest BCUT2D eigenvalue weighted by molar-refractivity contribution is -0.117. The summed E-state index contributed by atoms with van der Waals surface area (Å²) in [4.78, 5) is 11.7. The molecule has 0 bridgehead atoms. The van der Waals surface area contributed by atoms with Gasteiger partial charge in [-0.3, -0.25) is 4.79 Å². The van der Waals surface area contributed by atoms with Gasteiger partial charge in [0.25, 0.3) is 0 Å². The number of anilines is 1. The smallest absolute Gasteiger partial charge is 0.224 e. The molecule has 0 spiro atoms. The van der Waals surface area contributed by atoms with Gasteiger partial charge in [-0.25, -0.2) is 4.39 Å². The van der Waals surface area contributed by atoms with Crippen LogP contribution in [0.15, 0.2) is 18.2 Å². The molecule has 0 aliphatic heterocycles. The summed E-state index contributed by atoms with van der Waals surface area (Å²) < 4.78 is 13.7. The molecule has 19 heavy (non-hydrogen) atoms. The number of carbonyl (C=O) groups is 1. The Labute approximate surface area is 113 Å². The molecule has 1 aromatic carbocycles. The number of benzene rings is 1. The van der Waals surface area contributed by atoms with Crippen molar-refractivity contribution < 1.29 is 9.18 Å². The van der Waals surface area contributed by atoms with Crippen LogP contribution >= 0.6 is 0 Å². The summed E-state index contributed by atoms with van der Waals surface area (Å²) in [5.74, 6) is 4.98. The van der Waals surface area contributed by atoms with Gasteiger partial charge in [0.15, 0.2) is 0 Å². The van der Waals surface area contributed by atoms with Crippen LogP contribution in [0.4, 0.5) is 10.1 Å². The Morgan fingerprint density at radius 1 is 1.53 bits per heavy atom. The van der Waals surface area contributed by atoms with Crippen molar-refractivity contribution in [1.82, 2.24) is 0 Å². The molecule has 0 heterocycles. The summed E-state index contributed by atoms with van der Waals surface area (Å²) >= 11 is 0. The van der Waals surface area contributed by atoms with E-state index in [1.54, 1.807) is 6.07 Å². The predicted octanol–water partition coefficient (Wildman–Crippen LogP) is 2.51. The van der Waals surface area contributed by atoms with Crippen molar-refractivity contribution in [3.63, 3.8) is 0 Å². The zero-order valence-electron chi connectivity index (χ0n) is 11.3. The van der Waals surface area contributed by atoms with Crippen molar-refractivity contribution in [3.8, 4) is 11.8 Å². The summed E-state index contributed by atoms with van der Waals surface area (Å²) in [6, 6.07) is 4.45. The Bertz CT molecular complexity index is 503. The average molecular weight is 262 g/mol. The highest BCUT2D eigenvalue weighted by molar-refractivity contribution is 5.90. The highest BCUT2D eigenvalue weighted by Crippen LogP contribution is 2.15. The van der Waals surface area contributed by atoms with Crippen molar-refractivity contribution in [2.24, 2.45) is 11.7 Å². The minimum atomic E-state index is -0.456. The van der Waals surface area contributed by atoms with Crippen LogP contribution in [0, 0.1) is 23.6 Å².